The van der Waals surface area contributed by atoms with Crippen molar-refractivity contribution in [2.24, 2.45) is 0 Å². The molecule has 0 aliphatic carbocycles. The van der Waals surface area contributed by atoms with Gasteiger partial charge in [-0.15, -0.1) is 0 Å². The van der Waals surface area contributed by atoms with Gasteiger partial charge in [0.15, 0.2) is 0 Å². The second-order valence-corrected chi connectivity index (χ2v) is 6.73. The topological polar surface area (TPSA) is 58.6 Å². The summed E-state index contributed by atoms with van der Waals surface area (Å²) in [6.07, 6.45) is 0.830. The fraction of sp³-hybridized carbons (Fsp3) is 0.316. The molecule has 2 aromatic carbocycles. The number of amides is 1. The number of phenolic OH excluding ortho intramolecular Hbond substituents is 1. The Kier molecular flexibility index (Phi) is 3.55. The van der Waals surface area contributed by atoms with Gasteiger partial charge >= 0.3 is 0 Å². The van der Waals surface area contributed by atoms with Crippen LogP contribution in [0.15, 0.2) is 30.3 Å². The number of fused-ring (bicyclic) bond motifs is 1. The fourth-order valence-corrected chi connectivity index (χ4v) is 3.02. The minimum atomic E-state index is -0.265. The van der Waals surface area contributed by atoms with Crippen LogP contribution in [0.2, 0.25) is 0 Å². The van der Waals surface area contributed by atoms with Gasteiger partial charge in [0.2, 0.25) is 0 Å². The molecule has 0 saturated heterocycles. The van der Waals surface area contributed by atoms with Gasteiger partial charge in [0.25, 0.3) is 5.91 Å². The zero-order valence-corrected chi connectivity index (χ0v) is 13.9. The number of phenols is 1. The molecular weight excluding hydrogens is 290 g/mol. The number of hydrogen-bond donors (Lipinski definition) is 2. The molecular formula is C19H21NO3. The molecule has 4 heteroatoms. The van der Waals surface area contributed by atoms with Crippen LogP contribution in [0.5, 0.6) is 11.5 Å². The van der Waals surface area contributed by atoms with Crippen LogP contribution < -0.4 is 10.1 Å². The molecule has 0 atom stereocenters. The summed E-state index contributed by atoms with van der Waals surface area (Å²) in [4.78, 5) is 12.5. The number of rotatable bonds is 2. The van der Waals surface area contributed by atoms with Gasteiger partial charge in [-0.25, -0.2) is 0 Å². The minimum Gasteiger partial charge on any atom is -0.508 e. The fourth-order valence-electron chi connectivity index (χ4n) is 3.02. The lowest BCUT2D eigenvalue weighted by molar-refractivity contribution is 0.102. The van der Waals surface area contributed by atoms with Crippen LogP contribution in [0, 0.1) is 13.8 Å². The summed E-state index contributed by atoms with van der Waals surface area (Å²) < 4.78 is 6.09. The first kappa shape index (κ1) is 15.4. The van der Waals surface area contributed by atoms with Crippen molar-refractivity contribution in [2.75, 3.05) is 5.32 Å². The Morgan fingerprint density at radius 1 is 1.17 bits per heavy atom. The molecule has 2 N–H and O–H groups in total. The Hall–Kier alpha value is -2.49. The molecule has 3 rings (SSSR count). The quantitative estimate of drug-likeness (QED) is 0.882. The molecule has 1 heterocycles. The Labute approximate surface area is 136 Å². The van der Waals surface area contributed by atoms with E-state index in [-0.39, 0.29) is 17.3 Å². The first-order chi connectivity index (χ1) is 10.8. The van der Waals surface area contributed by atoms with Gasteiger partial charge < -0.3 is 15.2 Å². The highest BCUT2D eigenvalue weighted by molar-refractivity contribution is 6.05. The molecule has 4 nitrogen and oxygen atoms in total. The second-order valence-electron chi connectivity index (χ2n) is 6.73. The summed E-state index contributed by atoms with van der Waals surface area (Å²) in [5, 5.41) is 12.3. The van der Waals surface area contributed by atoms with Gasteiger partial charge in [0.1, 0.15) is 17.1 Å². The number of hydrogen-bond acceptors (Lipinski definition) is 3. The average Bonchev–Trinajstić information content (AvgIpc) is 2.80. The van der Waals surface area contributed by atoms with Crippen molar-refractivity contribution in [3.8, 4) is 11.5 Å². The van der Waals surface area contributed by atoms with Gasteiger partial charge in [0.05, 0.1) is 5.69 Å². The van der Waals surface area contributed by atoms with Gasteiger partial charge in [-0.1, -0.05) is 6.07 Å². The normalized spacial score (nSPS) is 15.0. The predicted octanol–water partition coefficient (Wildman–Crippen LogP) is 3.97. The maximum absolute atomic E-state index is 12.5. The van der Waals surface area contributed by atoms with E-state index in [0.717, 1.165) is 29.0 Å². The van der Waals surface area contributed by atoms with E-state index in [9.17, 15) is 9.90 Å². The molecule has 0 fully saturated rings. The van der Waals surface area contributed by atoms with Crippen LogP contribution in [0.4, 0.5) is 5.69 Å². The molecule has 1 aliphatic rings. The van der Waals surface area contributed by atoms with Gasteiger partial charge in [-0.2, -0.15) is 0 Å². The Balaban J connectivity index is 1.97. The summed E-state index contributed by atoms with van der Waals surface area (Å²) in [7, 11) is 0. The monoisotopic (exact) mass is 311 g/mol. The molecule has 0 radical (unpaired) electrons. The first-order valence-electron chi connectivity index (χ1n) is 7.69. The summed E-state index contributed by atoms with van der Waals surface area (Å²) in [5.41, 5.74) is 4.28. The third-order valence-electron chi connectivity index (χ3n) is 4.15. The standard InChI is InChI=1S/C19H21NO3/c1-11-9-12(2)16(17-15(11)10-19(3,4)23-17)20-18(22)13-5-7-14(21)8-6-13/h5-9,21H,10H2,1-4H3,(H,20,22). The SMILES string of the molecule is Cc1cc(C)c(NC(=O)c2ccc(O)cc2)c2c1CC(C)(C)O2. The molecule has 1 aliphatic heterocycles. The molecule has 0 aromatic heterocycles. The van der Waals surface area contributed by atoms with Crippen LogP contribution >= 0.6 is 0 Å². The summed E-state index contributed by atoms with van der Waals surface area (Å²) in [5.74, 6) is 0.700. The summed E-state index contributed by atoms with van der Waals surface area (Å²) in [6, 6.07) is 8.27. The van der Waals surface area contributed by atoms with Crippen molar-refractivity contribution in [1.82, 2.24) is 0 Å². The van der Waals surface area contributed by atoms with Crippen LogP contribution in [-0.2, 0) is 6.42 Å². The molecule has 0 unspecified atom stereocenters. The third kappa shape index (κ3) is 2.89. The van der Waals surface area contributed by atoms with E-state index >= 15 is 0 Å². The molecule has 0 bridgehead atoms. The van der Waals surface area contributed by atoms with Gasteiger partial charge in [0, 0.05) is 17.5 Å². The van der Waals surface area contributed by atoms with Crippen molar-refractivity contribution >= 4 is 11.6 Å². The number of carbonyl (C=O) groups is 1. The van der Waals surface area contributed by atoms with E-state index in [1.807, 2.05) is 20.8 Å². The van der Waals surface area contributed by atoms with Crippen molar-refractivity contribution in [3.63, 3.8) is 0 Å². The molecule has 2 aromatic rings. The summed E-state index contributed by atoms with van der Waals surface area (Å²) >= 11 is 0. The Bertz CT molecular complexity index is 776. The Morgan fingerprint density at radius 3 is 2.48 bits per heavy atom. The number of benzene rings is 2. The van der Waals surface area contributed by atoms with Crippen molar-refractivity contribution in [3.05, 3.63) is 52.6 Å². The lowest BCUT2D eigenvalue weighted by atomic mass is 9.96. The van der Waals surface area contributed by atoms with Crippen molar-refractivity contribution in [1.29, 1.82) is 0 Å². The van der Waals surface area contributed by atoms with Crippen LogP contribution in [0.1, 0.15) is 40.9 Å². The number of aromatic hydroxyl groups is 1. The summed E-state index contributed by atoms with van der Waals surface area (Å²) in [6.45, 7) is 8.14. The number of anilines is 1. The zero-order valence-electron chi connectivity index (χ0n) is 13.9. The number of ether oxygens (including phenoxy) is 1. The van der Waals surface area contributed by atoms with Crippen LogP contribution in [0.25, 0.3) is 0 Å². The highest BCUT2D eigenvalue weighted by Gasteiger charge is 2.34. The van der Waals surface area contributed by atoms with Gasteiger partial charge in [-0.05, 0) is 63.1 Å². The maximum atomic E-state index is 12.5. The molecule has 1 amide bonds. The van der Waals surface area contributed by atoms with Gasteiger partial charge in [-0.3, -0.25) is 4.79 Å². The van der Waals surface area contributed by atoms with E-state index < -0.39 is 0 Å². The average molecular weight is 311 g/mol. The zero-order chi connectivity index (χ0) is 16.8. The lowest BCUT2D eigenvalue weighted by Crippen LogP contribution is -2.25. The number of nitrogens with one attached hydrogen (secondary N) is 1. The highest BCUT2D eigenvalue weighted by atomic mass is 16.5. The van der Waals surface area contributed by atoms with E-state index in [2.05, 4.69) is 18.3 Å². The molecule has 0 saturated carbocycles. The second kappa shape index (κ2) is 5.30. The smallest absolute Gasteiger partial charge is 0.255 e. The maximum Gasteiger partial charge on any atom is 0.255 e. The lowest BCUT2D eigenvalue weighted by Gasteiger charge is -2.19. The van der Waals surface area contributed by atoms with Crippen molar-refractivity contribution in [2.45, 2.75) is 39.7 Å². The molecule has 0 spiro atoms. The van der Waals surface area contributed by atoms with E-state index in [1.165, 1.54) is 17.7 Å². The van der Waals surface area contributed by atoms with Crippen LogP contribution in [-0.4, -0.2) is 16.6 Å². The first-order valence-corrected chi connectivity index (χ1v) is 7.69. The Morgan fingerprint density at radius 2 is 1.83 bits per heavy atom. The predicted molar refractivity (Wildman–Crippen MR) is 90.4 cm³/mol. The third-order valence-corrected chi connectivity index (χ3v) is 4.15. The molecule has 120 valence electrons. The highest BCUT2D eigenvalue weighted by Crippen LogP contribution is 2.44. The van der Waals surface area contributed by atoms with Crippen molar-refractivity contribution < 1.29 is 14.6 Å². The van der Waals surface area contributed by atoms with Crippen LogP contribution in [0.3, 0.4) is 0 Å². The number of carbonyl (C=O) groups excluding carboxylic acids is 1. The van der Waals surface area contributed by atoms with E-state index in [4.69, 9.17) is 4.74 Å². The largest absolute Gasteiger partial charge is 0.508 e. The molecule has 23 heavy (non-hydrogen) atoms. The number of aryl methyl sites for hydroxylation is 2. The minimum absolute atomic E-state index is 0.138. The van der Waals surface area contributed by atoms with E-state index in [1.54, 1.807) is 12.1 Å². The van der Waals surface area contributed by atoms with E-state index in [0.29, 0.717) is 5.56 Å².